The molecule has 11 aromatic carbocycles. The van der Waals surface area contributed by atoms with E-state index in [1.54, 1.807) is 0 Å². The monoisotopic (exact) mass is 1020 g/mol. The highest BCUT2D eigenvalue weighted by Crippen LogP contribution is 2.47. The SMILES string of the molecule is CC(C)(C)c1cccc(-n2c3ccccc3c3ccc(Oc4cccc(-n5[c-][n+](-c6c(-c7ccccc7)cccc6-c6cc7c8c(c6)Oc6cccc9c6B8c6c(cccc6N9c6ccccc6)O7)c6ccccc65)c4)cc32)c1. The van der Waals surface area contributed by atoms with Crippen LogP contribution in [-0.4, -0.2) is 15.8 Å². The molecule has 0 N–H and O–H groups in total. The highest BCUT2D eigenvalue weighted by molar-refractivity contribution is 7.00. The van der Waals surface area contributed by atoms with Crippen LogP contribution >= 0.6 is 0 Å². The quantitative estimate of drug-likeness (QED) is 0.0864. The van der Waals surface area contributed by atoms with Gasteiger partial charge in [0, 0.05) is 45.1 Å². The fourth-order valence-corrected chi connectivity index (χ4v) is 12.6. The van der Waals surface area contributed by atoms with Crippen LogP contribution in [0.4, 0.5) is 17.1 Å². The van der Waals surface area contributed by atoms with Crippen molar-refractivity contribution in [2.24, 2.45) is 0 Å². The molecule has 0 unspecified atom stereocenters. The molecule has 7 nitrogen and oxygen atoms in total. The topological polar surface area (TPSA) is 44.7 Å². The minimum absolute atomic E-state index is 0.00578. The van der Waals surface area contributed by atoms with E-state index in [1.807, 2.05) is 6.07 Å². The van der Waals surface area contributed by atoms with Gasteiger partial charge in [0.05, 0.1) is 33.4 Å². The third kappa shape index (κ3) is 7.04. The van der Waals surface area contributed by atoms with Crippen LogP contribution in [0.3, 0.4) is 0 Å². The molecule has 79 heavy (non-hydrogen) atoms. The number of fused-ring (bicyclic) bond motifs is 4. The van der Waals surface area contributed by atoms with Gasteiger partial charge in [-0.05, 0) is 141 Å². The normalized spacial score (nSPS) is 12.9. The summed E-state index contributed by atoms with van der Waals surface area (Å²) in [5, 5.41) is 2.38. The van der Waals surface area contributed by atoms with Crippen LogP contribution < -0.4 is 40.1 Å². The van der Waals surface area contributed by atoms with Gasteiger partial charge in [0.1, 0.15) is 34.5 Å². The molecule has 16 rings (SSSR count). The molecule has 0 fully saturated rings. The number of imidazole rings is 1. The first-order chi connectivity index (χ1) is 38.8. The van der Waals surface area contributed by atoms with Crippen LogP contribution in [0, 0.1) is 6.33 Å². The van der Waals surface area contributed by atoms with E-state index in [-0.39, 0.29) is 12.1 Å². The molecule has 5 heterocycles. The van der Waals surface area contributed by atoms with Gasteiger partial charge < -0.3 is 23.7 Å². The maximum absolute atomic E-state index is 7.08. The molecule has 8 heteroatoms. The average Bonchev–Trinajstić information content (AvgIpc) is 4.23. The first-order valence-electron chi connectivity index (χ1n) is 27.0. The van der Waals surface area contributed by atoms with Crippen molar-refractivity contribution in [1.29, 1.82) is 0 Å². The zero-order chi connectivity index (χ0) is 52.5. The summed E-state index contributed by atoms with van der Waals surface area (Å²) in [6, 6.07) is 85.8. The Labute approximate surface area is 458 Å². The standard InChI is InChI=1S/C71H49BN4O3/c1-71(2,3)47-21-14-25-50(41-47)76-57-30-11-10-27-55(57)56-38-37-52(43-62(56)76)77-51-26-15-24-49(42-51)73-44-74(59-32-13-12-31-58(59)73)70-53(45-19-6-4-7-20-45)28-16-29-54(70)46-39-65-69-66(40-46)79-64-36-18-34-61-68(64)72(69)67-60(33-17-35-63(67)78-65)75(61)48-22-8-5-9-23-48/h4-43H,1-3H3. The molecule has 3 aliphatic rings. The van der Waals surface area contributed by atoms with Gasteiger partial charge in [0.25, 0.3) is 13.0 Å². The van der Waals surface area contributed by atoms with Crippen molar-refractivity contribution in [3.05, 3.63) is 255 Å². The van der Waals surface area contributed by atoms with Crippen LogP contribution in [0.25, 0.3) is 72.2 Å². The molecule has 3 aliphatic heterocycles. The second-order valence-corrected chi connectivity index (χ2v) is 21.8. The zero-order valence-corrected chi connectivity index (χ0v) is 43.7. The third-order valence-corrected chi connectivity index (χ3v) is 16.1. The number of anilines is 3. The fourth-order valence-electron chi connectivity index (χ4n) is 12.6. The first-order valence-corrected chi connectivity index (χ1v) is 27.0. The summed E-state index contributed by atoms with van der Waals surface area (Å²) in [4.78, 5) is 2.34. The van der Waals surface area contributed by atoms with Gasteiger partial charge in [-0.15, -0.1) is 0 Å². The lowest BCUT2D eigenvalue weighted by atomic mass is 9.33. The molecule has 0 amide bonds. The van der Waals surface area contributed by atoms with Gasteiger partial charge in [0.2, 0.25) is 0 Å². The second kappa shape index (κ2) is 17.2. The summed E-state index contributed by atoms with van der Waals surface area (Å²) >= 11 is 0. The summed E-state index contributed by atoms with van der Waals surface area (Å²) in [6.07, 6.45) is 3.89. The Kier molecular flexibility index (Phi) is 9.86. The molecule has 0 radical (unpaired) electrons. The molecule has 0 spiro atoms. The molecule has 374 valence electrons. The number of rotatable bonds is 8. The van der Waals surface area contributed by atoms with Crippen LogP contribution in [-0.2, 0) is 5.41 Å². The Bertz CT molecular complexity index is 4570. The van der Waals surface area contributed by atoms with Crippen LogP contribution in [0.2, 0.25) is 0 Å². The first kappa shape index (κ1) is 45.2. The Balaban J connectivity index is 0.821. The Hall–Kier alpha value is -10.0. The van der Waals surface area contributed by atoms with Gasteiger partial charge in [-0.2, -0.15) is 0 Å². The molecule has 0 bridgehead atoms. The average molecular weight is 1020 g/mol. The van der Waals surface area contributed by atoms with E-state index >= 15 is 0 Å². The number of ether oxygens (including phenoxy) is 3. The van der Waals surface area contributed by atoms with Crippen molar-refractivity contribution in [3.8, 4) is 73.8 Å². The number of nitrogens with zero attached hydrogens (tertiary/aromatic N) is 4. The van der Waals surface area contributed by atoms with E-state index in [0.717, 1.165) is 124 Å². The Morgan fingerprint density at radius 2 is 1.04 bits per heavy atom. The number of para-hydroxylation sites is 5. The van der Waals surface area contributed by atoms with Crippen LogP contribution in [0.1, 0.15) is 26.3 Å². The molecule has 0 aliphatic carbocycles. The van der Waals surface area contributed by atoms with Crippen LogP contribution in [0.15, 0.2) is 243 Å². The molecular formula is C71H49BN4O3. The highest BCUT2D eigenvalue weighted by Gasteiger charge is 2.47. The Morgan fingerprint density at radius 1 is 0.443 bits per heavy atom. The van der Waals surface area contributed by atoms with Gasteiger partial charge in [-0.1, -0.05) is 160 Å². The van der Waals surface area contributed by atoms with Crippen molar-refractivity contribution in [2.45, 2.75) is 26.2 Å². The van der Waals surface area contributed by atoms with E-state index in [2.05, 4.69) is 282 Å². The van der Waals surface area contributed by atoms with E-state index < -0.39 is 0 Å². The maximum Gasteiger partial charge on any atom is 0.269 e. The summed E-state index contributed by atoms with van der Waals surface area (Å²) in [6.45, 7) is 6.72. The predicted molar refractivity (Wildman–Crippen MR) is 320 cm³/mol. The largest absolute Gasteiger partial charge is 0.458 e. The minimum Gasteiger partial charge on any atom is -0.458 e. The van der Waals surface area contributed by atoms with Crippen molar-refractivity contribution < 1.29 is 18.8 Å². The van der Waals surface area contributed by atoms with E-state index in [1.165, 1.54) is 16.3 Å². The van der Waals surface area contributed by atoms with E-state index in [0.29, 0.717) is 5.75 Å². The van der Waals surface area contributed by atoms with E-state index in [9.17, 15) is 0 Å². The van der Waals surface area contributed by atoms with Crippen molar-refractivity contribution in [2.75, 3.05) is 4.90 Å². The number of hydrogen-bond acceptors (Lipinski definition) is 4. The zero-order valence-electron chi connectivity index (χ0n) is 43.7. The fraction of sp³-hybridized carbons (Fsp3) is 0.0563. The third-order valence-electron chi connectivity index (χ3n) is 16.1. The molecule has 13 aromatic rings. The van der Waals surface area contributed by atoms with Crippen molar-refractivity contribution in [3.63, 3.8) is 0 Å². The van der Waals surface area contributed by atoms with Crippen LogP contribution in [0.5, 0.6) is 34.5 Å². The molecule has 0 atom stereocenters. The minimum atomic E-state index is -0.0693. The summed E-state index contributed by atoms with van der Waals surface area (Å²) in [7, 11) is 0. The molecule has 2 aromatic heterocycles. The summed E-state index contributed by atoms with van der Waals surface area (Å²) < 4.78 is 27.7. The Morgan fingerprint density at radius 3 is 1.78 bits per heavy atom. The molecule has 0 saturated heterocycles. The lowest BCUT2D eigenvalue weighted by molar-refractivity contribution is -0.571. The lowest BCUT2D eigenvalue weighted by Crippen LogP contribution is -2.61. The van der Waals surface area contributed by atoms with Gasteiger partial charge in [-0.3, -0.25) is 9.13 Å². The number of aromatic nitrogens is 3. The molecule has 0 saturated carbocycles. The lowest BCUT2D eigenvalue weighted by Gasteiger charge is -2.42. The summed E-state index contributed by atoms with van der Waals surface area (Å²) in [5.41, 5.74) is 19.3. The van der Waals surface area contributed by atoms with Gasteiger partial charge in [0.15, 0.2) is 0 Å². The molecular weight excluding hydrogens is 968 g/mol. The van der Waals surface area contributed by atoms with Crippen molar-refractivity contribution in [1.82, 2.24) is 9.13 Å². The highest BCUT2D eigenvalue weighted by atomic mass is 16.5. The summed E-state index contributed by atoms with van der Waals surface area (Å²) in [5.74, 6) is 4.74. The number of benzene rings is 11. The second-order valence-electron chi connectivity index (χ2n) is 21.8. The predicted octanol–water partition coefficient (Wildman–Crippen LogP) is 15.7. The van der Waals surface area contributed by atoms with Gasteiger partial charge >= 0.3 is 0 Å². The van der Waals surface area contributed by atoms with Gasteiger partial charge in [-0.25, -0.2) is 0 Å². The van der Waals surface area contributed by atoms with E-state index in [4.69, 9.17) is 14.2 Å². The number of hydrogen-bond donors (Lipinski definition) is 0. The van der Waals surface area contributed by atoms with Crippen molar-refractivity contribution >= 4 is 73.0 Å². The smallest absolute Gasteiger partial charge is 0.269 e. The maximum atomic E-state index is 7.08.